The Labute approximate surface area is 294 Å². The summed E-state index contributed by atoms with van der Waals surface area (Å²) in [7, 11) is -3.94. The summed E-state index contributed by atoms with van der Waals surface area (Å²) in [6.45, 7) is -0.681. The Morgan fingerprint density at radius 3 is 2.57 bits per heavy atom. The second-order valence-corrected chi connectivity index (χ2v) is 15.8. The van der Waals surface area contributed by atoms with E-state index in [4.69, 9.17) is 4.74 Å². The Morgan fingerprint density at radius 2 is 1.82 bits per heavy atom. The predicted molar refractivity (Wildman–Crippen MR) is 177 cm³/mol. The number of sulfonamides is 1. The van der Waals surface area contributed by atoms with Crippen LogP contribution < -0.4 is 15.4 Å². The lowest BCUT2D eigenvalue weighted by Crippen LogP contribution is -2.58. The van der Waals surface area contributed by atoms with Gasteiger partial charge in [0.1, 0.15) is 23.7 Å². The molecule has 14 nitrogen and oxygen atoms in total. The number of hydrogen-bond donors (Lipinski definition) is 3. The topological polar surface area (TPSA) is 181 Å². The Balaban J connectivity index is 1.24. The molecule has 0 spiro atoms. The van der Waals surface area contributed by atoms with Gasteiger partial charge in [-0.2, -0.15) is 0 Å². The van der Waals surface area contributed by atoms with E-state index in [1.165, 1.54) is 4.90 Å². The van der Waals surface area contributed by atoms with E-state index in [0.717, 1.165) is 16.0 Å². The quantitative estimate of drug-likeness (QED) is 0.355. The van der Waals surface area contributed by atoms with Crippen LogP contribution in [0, 0.1) is 5.92 Å². The van der Waals surface area contributed by atoms with E-state index in [2.05, 4.69) is 20.1 Å². The molecule has 51 heavy (non-hydrogen) atoms. The second kappa shape index (κ2) is 15.1. The van der Waals surface area contributed by atoms with Gasteiger partial charge in [0.15, 0.2) is 6.61 Å². The molecule has 0 bridgehead atoms. The monoisotopic (exact) mass is 735 g/mol. The number of halogens is 2. The van der Waals surface area contributed by atoms with Gasteiger partial charge in [0.2, 0.25) is 21.8 Å². The maximum atomic E-state index is 14.1. The number of alkyl halides is 2. The van der Waals surface area contributed by atoms with Crippen molar-refractivity contribution < 1.29 is 50.6 Å². The van der Waals surface area contributed by atoms with E-state index in [-0.39, 0.29) is 25.8 Å². The average molecular weight is 736 g/mol. The zero-order valence-electron chi connectivity index (χ0n) is 28.1. The molecule has 17 heteroatoms. The molecule has 5 aliphatic rings. The summed E-state index contributed by atoms with van der Waals surface area (Å²) in [6, 6.07) is 5.18. The smallest absolute Gasteiger partial charge is 0.410 e. The summed E-state index contributed by atoms with van der Waals surface area (Å²) in [5, 5.41) is 4.43. The Morgan fingerprint density at radius 1 is 1.06 bits per heavy atom. The minimum Gasteiger partial charge on any atom is -0.444 e. The zero-order valence-corrected chi connectivity index (χ0v) is 28.9. The van der Waals surface area contributed by atoms with Crippen molar-refractivity contribution in [2.45, 2.75) is 106 Å². The van der Waals surface area contributed by atoms with Crippen molar-refractivity contribution in [3.8, 4) is 0 Å². The Bertz CT molecular complexity index is 1670. The fourth-order valence-corrected chi connectivity index (χ4v) is 8.40. The minimum atomic E-state index is -3.94. The third-order valence-electron chi connectivity index (χ3n) is 10.1. The summed E-state index contributed by atoms with van der Waals surface area (Å²) in [5.41, 5.74) is 0.511. The molecule has 1 aromatic rings. The highest BCUT2D eigenvalue weighted by Gasteiger charge is 2.62. The first-order chi connectivity index (χ1) is 24.4. The molecular weight excluding hydrogens is 692 g/mol. The molecule has 0 radical (unpaired) electrons. The number of carbonyl (C=O) groups excluding carboxylic acids is 5. The van der Waals surface area contributed by atoms with Crippen LogP contribution in [-0.4, -0.2) is 103 Å². The fourth-order valence-electron chi connectivity index (χ4n) is 7.04. The second-order valence-electron chi connectivity index (χ2n) is 13.9. The average Bonchev–Trinajstić information content (AvgIpc) is 4.02. The van der Waals surface area contributed by atoms with Gasteiger partial charge in [0, 0.05) is 25.4 Å². The number of hydrogen-bond acceptors (Lipinski definition) is 9. The van der Waals surface area contributed by atoms with Gasteiger partial charge >= 0.3 is 12.2 Å². The van der Waals surface area contributed by atoms with E-state index < -0.39 is 87.9 Å². The van der Waals surface area contributed by atoms with E-state index in [0.29, 0.717) is 58.0 Å². The lowest BCUT2D eigenvalue weighted by Gasteiger charge is -2.30. The summed E-state index contributed by atoms with van der Waals surface area (Å²) in [5.74, 6) is -2.85. The van der Waals surface area contributed by atoms with Crippen LogP contribution in [0.25, 0.3) is 0 Å². The van der Waals surface area contributed by atoms with E-state index in [1.807, 2.05) is 30.3 Å². The number of ether oxygens (including phenoxy) is 2. The van der Waals surface area contributed by atoms with Crippen LogP contribution in [0.4, 0.5) is 18.4 Å². The van der Waals surface area contributed by atoms with Crippen molar-refractivity contribution in [3.05, 3.63) is 47.5 Å². The van der Waals surface area contributed by atoms with Gasteiger partial charge < -0.3 is 29.9 Å². The molecule has 3 N–H and O–H groups in total. The van der Waals surface area contributed by atoms with Crippen molar-refractivity contribution in [1.29, 1.82) is 0 Å². The molecule has 5 amide bonds. The first-order valence-corrected chi connectivity index (χ1v) is 19.0. The lowest BCUT2D eigenvalue weighted by atomic mass is 10.0. The normalized spacial score (nSPS) is 28.9. The number of nitrogens with one attached hydrogen (secondary N) is 3. The molecule has 5 atom stereocenters. The van der Waals surface area contributed by atoms with Crippen molar-refractivity contribution in [3.63, 3.8) is 0 Å². The standard InChI is InChI=1S/C34H43F2N5O9S/c35-28(36)20-49-32(45)37-26-11-5-3-1-2-4-10-23-17-34(23,31(44)39-51(47,48)25-12-13-25)38-29(42)27-16-24(19-41(27)30(26)43)50-33(46)40-15-14-21-8-6-7-9-22(21)18-40/h4,6-10,23-28H,1-3,5,11-20H2,(H,37,45)(H,38,42)(H,39,44)/b10-4-/t23-,24-,26+,27+,34-/m1/s1. The zero-order chi connectivity index (χ0) is 36.3. The van der Waals surface area contributed by atoms with E-state index in [1.54, 1.807) is 6.08 Å². The number of alkyl carbamates (subject to hydrolysis) is 1. The lowest BCUT2D eigenvalue weighted by molar-refractivity contribution is -0.141. The molecule has 0 aromatic heterocycles. The summed E-state index contributed by atoms with van der Waals surface area (Å²) < 4.78 is 63.5. The van der Waals surface area contributed by atoms with Crippen LogP contribution in [-0.2, 0) is 46.8 Å². The number of amides is 5. The molecule has 0 unspecified atom stereocenters. The van der Waals surface area contributed by atoms with Crippen LogP contribution in [0.5, 0.6) is 0 Å². The number of allylic oxidation sites excluding steroid dienone is 1. The third-order valence-corrected chi connectivity index (χ3v) is 12.0. The highest BCUT2D eigenvalue weighted by atomic mass is 32.2. The van der Waals surface area contributed by atoms with Gasteiger partial charge in [0.05, 0.1) is 11.8 Å². The van der Waals surface area contributed by atoms with Crippen LogP contribution >= 0.6 is 0 Å². The van der Waals surface area contributed by atoms with Gasteiger partial charge in [-0.3, -0.25) is 19.1 Å². The van der Waals surface area contributed by atoms with Crippen molar-refractivity contribution >= 4 is 39.9 Å². The number of fused-ring (bicyclic) bond motifs is 3. The molecule has 1 saturated heterocycles. The summed E-state index contributed by atoms with van der Waals surface area (Å²) >= 11 is 0. The first kappa shape index (κ1) is 36.5. The molecule has 2 aliphatic carbocycles. The minimum absolute atomic E-state index is 0.114. The van der Waals surface area contributed by atoms with Crippen LogP contribution in [0.1, 0.15) is 68.9 Å². The van der Waals surface area contributed by atoms with Gasteiger partial charge in [-0.25, -0.2) is 26.8 Å². The molecule has 278 valence electrons. The summed E-state index contributed by atoms with van der Waals surface area (Å²) in [4.78, 5) is 70.3. The van der Waals surface area contributed by atoms with Gasteiger partial charge in [0.25, 0.3) is 12.3 Å². The molecule has 6 rings (SSSR count). The Hall–Kier alpha value is -4.28. The number of benzene rings is 1. The highest BCUT2D eigenvalue weighted by molar-refractivity contribution is 7.91. The number of rotatable bonds is 7. The number of nitrogens with zero attached hydrogens (tertiary/aromatic N) is 2. The predicted octanol–water partition coefficient (Wildman–Crippen LogP) is 2.51. The SMILES string of the molecule is O=C(N[C@H]1CCCCC/C=C\[C@@H]2C[C@@]2(C(=O)NS(=O)(=O)C2CC2)NC(=O)[C@@H]2C[C@@H](OC(=O)N3CCc4ccccc4C3)CN2C1=O)OCC(F)F. The van der Waals surface area contributed by atoms with Crippen LogP contribution in [0.3, 0.4) is 0 Å². The van der Waals surface area contributed by atoms with Crippen molar-refractivity contribution in [1.82, 2.24) is 25.2 Å². The first-order valence-electron chi connectivity index (χ1n) is 17.5. The maximum Gasteiger partial charge on any atom is 0.410 e. The molecule has 3 aliphatic heterocycles. The van der Waals surface area contributed by atoms with Crippen LogP contribution in [0.15, 0.2) is 36.4 Å². The highest BCUT2D eigenvalue weighted by Crippen LogP contribution is 2.46. The largest absolute Gasteiger partial charge is 0.444 e. The number of carbonyl (C=O) groups is 5. The molecular formula is C34H43F2N5O9S. The van der Waals surface area contributed by atoms with Crippen molar-refractivity contribution in [2.75, 3.05) is 19.7 Å². The van der Waals surface area contributed by atoms with E-state index in [9.17, 15) is 41.2 Å². The molecule has 3 fully saturated rings. The molecule has 1 aromatic carbocycles. The van der Waals surface area contributed by atoms with E-state index >= 15 is 0 Å². The van der Waals surface area contributed by atoms with Crippen molar-refractivity contribution in [2.24, 2.45) is 5.92 Å². The molecule has 3 heterocycles. The van der Waals surface area contributed by atoms with Gasteiger partial charge in [-0.05, 0) is 56.1 Å². The summed E-state index contributed by atoms with van der Waals surface area (Å²) in [6.07, 6.45) is 1.90. The van der Waals surface area contributed by atoms with Crippen LogP contribution in [0.2, 0.25) is 0 Å². The third kappa shape index (κ3) is 8.61. The molecule has 2 saturated carbocycles. The fraction of sp³-hybridized carbons (Fsp3) is 0.618. The van der Waals surface area contributed by atoms with Gasteiger partial charge in [-0.1, -0.05) is 49.3 Å². The Kier molecular flexibility index (Phi) is 10.8. The maximum absolute atomic E-state index is 14.1. The van der Waals surface area contributed by atoms with Gasteiger partial charge in [-0.15, -0.1) is 0 Å².